The fourth-order valence-electron chi connectivity index (χ4n) is 3.12. The number of nitrogens with zero attached hydrogens (tertiary/aromatic N) is 1. The third-order valence-electron chi connectivity index (χ3n) is 4.84. The highest BCUT2D eigenvalue weighted by atomic mass is 32.2. The van der Waals surface area contributed by atoms with Gasteiger partial charge in [-0.3, -0.25) is 9.59 Å². The third-order valence-corrected chi connectivity index (χ3v) is 6.75. The largest absolute Gasteiger partial charge is 0.354 e. The van der Waals surface area contributed by atoms with E-state index in [9.17, 15) is 18.0 Å². The van der Waals surface area contributed by atoms with Crippen LogP contribution in [0.3, 0.4) is 0 Å². The number of benzene rings is 1. The number of aryl methyl sites for hydroxylation is 1. The van der Waals surface area contributed by atoms with Crippen LogP contribution in [0.2, 0.25) is 0 Å². The maximum atomic E-state index is 12.6. The number of sulfonamides is 1. The van der Waals surface area contributed by atoms with Crippen LogP contribution in [-0.4, -0.2) is 50.2 Å². The number of hydrogen-bond acceptors (Lipinski definition) is 4. The predicted octanol–water partition coefficient (Wildman–Crippen LogP) is 1.82. The third kappa shape index (κ3) is 6.31. The molecule has 0 bridgehead atoms. The van der Waals surface area contributed by atoms with Gasteiger partial charge in [0.25, 0.3) is 0 Å². The van der Waals surface area contributed by atoms with Crippen molar-refractivity contribution in [2.24, 2.45) is 0 Å². The average molecular weight is 410 g/mol. The molecular formula is C20H31N3O4S. The van der Waals surface area contributed by atoms with Crippen LogP contribution in [-0.2, 0) is 26.0 Å². The molecule has 1 saturated heterocycles. The first-order valence-electron chi connectivity index (χ1n) is 10.0. The van der Waals surface area contributed by atoms with Crippen molar-refractivity contribution in [2.75, 3.05) is 19.6 Å². The summed E-state index contributed by atoms with van der Waals surface area (Å²) in [4.78, 5) is 24.1. The van der Waals surface area contributed by atoms with Crippen LogP contribution < -0.4 is 10.6 Å². The number of carbonyl (C=O) groups excluding carboxylic acids is 2. The molecule has 0 unspecified atom stereocenters. The van der Waals surface area contributed by atoms with Crippen LogP contribution in [0.5, 0.6) is 0 Å². The van der Waals surface area contributed by atoms with E-state index in [-0.39, 0.29) is 18.2 Å². The Balaban J connectivity index is 1.85. The molecule has 0 radical (unpaired) electrons. The van der Waals surface area contributed by atoms with Gasteiger partial charge < -0.3 is 10.6 Å². The molecular weight excluding hydrogens is 378 g/mol. The highest BCUT2D eigenvalue weighted by molar-refractivity contribution is 7.89. The Morgan fingerprint density at radius 2 is 1.75 bits per heavy atom. The lowest BCUT2D eigenvalue weighted by Crippen LogP contribution is -2.45. The van der Waals surface area contributed by atoms with Gasteiger partial charge in [0.2, 0.25) is 21.8 Å². The Morgan fingerprint density at radius 3 is 2.36 bits per heavy atom. The smallest absolute Gasteiger partial charge is 0.243 e. The van der Waals surface area contributed by atoms with E-state index in [1.165, 1.54) is 0 Å². The van der Waals surface area contributed by atoms with Gasteiger partial charge in [-0.25, -0.2) is 8.42 Å². The molecule has 0 spiro atoms. The van der Waals surface area contributed by atoms with Crippen LogP contribution >= 0.6 is 0 Å². The summed E-state index contributed by atoms with van der Waals surface area (Å²) in [6.07, 6.45) is 4.45. The van der Waals surface area contributed by atoms with Crippen molar-refractivity contribution in [1.82, 2.24) is 14.9 Å². The van der Waals surface area contributed by atoms with E-state index >= 15 is 0 Å². The fourth-order valence-corrected chi connectivity index (χ4v) is 4.64. The van der Waals surface area contributed by atoms with Gasteiger partial charge in [-0.1, -0.05) is 25.5 Å². The van der Waals surface area contributed by atoms with Gasteiger partial charge in [-0.05, 0) is 50.3 Å². The molecule has 7 nitrogen and oxygen atoms in total. The summed E-state index contributed by atoms with van der Waals surface area (Å²) in [5, 5.41) is 5.43. The molecule has 0 aromatic heterocycles. The maximum Gasteiger partial charge on any atom is 0.243 e. The van der Waals surface area contributed by atoms with Gasteiger partial charge in [-0.15, -0.1) is 0 Å². The number of hydrogen-bond donors (Lipinski definition) is 2. The number of piperidine rings is 1. The molecule has 28 heavy (non-hydrogen) atoms. The summed E-state index contributed by atoms with van der Waals surface area (Å²) < 4.78 is 26.8. The molecule has 2 amide bonds. The summed E-state index contributed by atoms with van der Waals surface area (Å²) in [7, 11) is -3.43. The van der Waals surface area contributed by atoms with E-state index < -0.39 is 16.1 Å². The number of carbonyl (C=O) groups is 2. The van der Waals surface area contributed by atoms with Gasteiger partial charge in [-0.2, -0.15) is 4.31 Å². The SMILES string of the molecule is CCCNC(=O)[C@H](C)NC(=O)CCc1ccc(S(=O)(=O)N2CCCCC2)cc1. The van der Waals surface area contributed by atoms with Crippen molar-refractivity contribution in [3.05, 3.63) is 29.8 Å². The zero-order valence-electron chi connectivity index (χ0n) is 16.7. The van der Waals surface area contributed by atoms with Crippen molar-refractivity contribution in [3.63, 3.8) is 0 Å². The molecule has 1 aromatic carbocycles. The first-order chi connectivity index (χ1) is 13.3. The molecule has 1 aliphatic heterocycles. The van der Waals surface area contributed by atoms with Gasteiger partial charge in [0, 0.05) is 26.1 Å². The van der Waals surface area contributed by atoms with E-state index in [2.05, 4.69) is 10.6 Å². The number of amides is 2. The van der Waals surface area contributed by atoms with Gasteiger partial charge in [0.05, 0.1) is 4.90 Å². The van der Waals surface area contributed by atoms with E-state index in [0.717, 1.165) is 31.2 Å². The molecule has 1 aromatic rings. The lowest BCUT2D eigenvalue weighted by molar-refractivity contribution is -0.128. The highest BCUT2D eigenvalue weighted by Crippen LogP contribution is 2.21. The molecule has 1 heterocycles. The van der Waals surface area contributed by atoms with Crippen molar-refractivity contribution < 1.29 is 18.0 Å². The zero-order valence-corrected chi connectivity index (χ0v) is 17.6. The summed E-state index contributed by atoms with van der Waals surface area (Å²) in [6, 6.07) is 6.15. The first kappa shape index (κ1) is 22.4. The van der Waals surface area contributed by atoms with Gasteiger partial charge in [0.15, 0.2) is 0 Å². The first-order valence-corrected chi connectivity index (χ1v) is 11.4. The molecule has 0 aliphatic carbocycles. The maximum absolute atomic E-state index is 12.6. The molecule has 8 heteroatoms. The number of nitrogens with one attached hydrogen (secondary N) is 2. The van der Waals surface area contributed by atoms with Crippen LogP contribution in [0.25, 0.3) is 0 Å². The van der Waals surface area contributed by atoms with E-state index in [1.807, 2.05) is 6.92 Å². The standard InChI is InChI=1S/C20H31N3O4S/c1-3-13-21-20(25)16(2)22-19(24)12-9-17-7-10-18(11-8-17)28(26,27)23-14-5-4-6-15-23/h7-8,10-11,16H,3-6,9,12-15H2,1-2H3,(H,21,25)(H,22,24)/t16-/m0/s1. The normalized spacial score (nSPS) is 16.4. The zero-order chi connectivity index (χ0) is 20.6. The molecule has 1 fully saturated rings. The summed E-state index contributed by atoms with van der Waals surface area (Å²) in [6.45, 7) is 5.37. The monoisotopic (exact) mass is 409 g/mol. The Bertz CT molecular complexity index is 756. The van der Waals surface area contributed by atoms with Crippen LogP contribution in [0.4, 0.5) is 0 Å². The molecule has 2 N–H and O–H groups in total. The minimum Gasteiger partial charge on any atom is -0.354 e. The second-order valence-electron chi connectivity index (χ2n) is 7.19. The number of rotatable bonds is 9. The molecule has 1 aliphatic rings. The van der Waals surface area contributed by atoms with Gasteiger partial charge in [0.1, 0.15) is 6.04 Å². The van der Waals surface area contributed by atoms with Gasteiger partial charge >= 0.3 is 0 Å². The molecule has 156 valence electrons. The summed E-state index contributed by atoms with van der Waals surface area (Å²) >= 11 is 0. The minimum absolute atomic E-state index is 0.192. The van der Waals surface area contributed by atoms with Crippen molar-refractivity contribution in [3.8, 4) is 0 Å². The van der Waals surface area contributed by atoms with E-state index in [4.69, 9.17) is 0 Å². The lowest BCUT2D eigenvalue weighted by atomic mass is 10.1. The van der Waals surface area contributed by atoms with E-state index in [0.29, 0.717) is 31.0 Å². The molecule has 1 atom stereocenters. The fraction of sp³-hybridized carbons (Fsp3) is 0.600. The highest BCUT2D eigenvalue weighted by Gasteiger charge is 2.25. The van der Waals surface area contributed by atoms with Crippen molar-refractivity contribution in [1.29, 1.82) is 0 Å². The van der Waals surface area contributed by atoms with Crippen LogP contribution in [0, 0.1) is 0 Å². The topological polar surface area (TPSA) is 95.6 Å². The predicted molar refractivity (Wildman–Crippen MR) is 108 cm³/mol. The second-order valence-corrected chi connectivity index (χ2v) is 9.13. The summed E-state index contributed by atoms with van der Waals surface area (Å²) in [5.41, 5.74) is 0.885. The average Bonchev–Trinajstić information content (AvgIpc) is 2.71. The summed E-state index contributed by atoms with van der Waals surface area (Å²) in [5.74, 6) is -0.397. The van der Waals surface area contributed by atoms with Crippen LogP contribution in [0.15, 0.2) is 29.2 Å². The minimum atomic E-state index is -3.43. The van der Waals surface area contributed by atoms with Crippen LogP contribution in [0.1, 0.15) is 51.5 Å². The Hall–Kier alpha value is -1.93. The lowest BCUT2D eigenvalue weighted by Gasteiger charge is -2.25. The quantitative estimate of drug-likeness (QED) is 0.650. The van der Waals surface area contributed by atoms with E-state index in [1.54, 1.807) is 35.5 Å². The van der Waals surface area contributed by atoms with Crippen molar-refractivity contribution in [2.45, 2.75) is 63.3 Å². The molecule has 2 rings (SSSR count). The Kier molecular flexibility index (Phi) is 8.44. The second kappa shape index (κ2) is 10.6. The Morgan fingerprint density at radius 1 is 1.11 bits per heavy atom. The molecule has 0 saturated carbocycles. The van der Waals surface area contributed by atoms with Crippen molar-refractivity contribution >= 4 is 21.8 Å². The Labute approximate surface area is 167 Å².